The van der Waals surface area contributed by atoms with Gasteiger partial charge in [-0.2, -0.15) is 0 Å². The largest absolute Gasteiger partial charge is 0.335 e. The van der Waals surface area contributed by atoms with Crippen molar-refractivity contribution in [3.63, 3.8) is 0 Å². The summed E-state index contributed by atoms with van der Waals surface area (Å²) >= 11 is 8.98. The Morgan fingerprint density at radius 1 is 1.26 bits per heavy atom. The van der Waals surface area contributed by atoms with E-state index in [4.69, 9.17) is 11.6 Å². The van der Waals surface area contributed by atoms with Crippen LogP contribution in [0, 0.1) is 10.1 Å². The summed E-state index contributed by atoms with van der Waals surface area (Å²) in [6, 6.07) is 11.4. The van der Waals surface area contributed by atoms with Gasteiger partial charge in [0.2, 0.25) is 0 Å². The number of halogens is 2. The molecule has 7 heteroatoms. The zero-order valence-electron chi connectivity index (χ0n) is 12.5. The molecule has 0 radical (unpaired) electrons. The third kappa shape index (κ3) is 3.89. The number of carbonyl (C=O) groups is 1. The second-order valence-corrected chi connectivity index (χ2v) is 6.36. The van der Waals surface area contributed by atoms with Gasteiger partial charge < -0.3 is 4.90 Å². The molecular weight excluding hydrogens is 384 g/mol. The van der Waals surface area contributed by atoms with Crippen LogP contribution in [-0.4, -0.2) is 22.8 Å². The van der Waals surface area contributed by atoms with Gasteiger partial charge in [-0.05, 0) is 52.7 Å². The molecule has 0 fully saturated rings. The predicted molar refractivity (Wildman–Crippen MR) is 92.8 cm³/mol. The predicted octanol–water partition coefficient (Wildman–Crippen LogP) is 4.84. The molecule has 1 atom stereocenters. The molecule has 23 heavy (non-hydrogen) atoms. The normalized spacial score (nSPS) is 11.8. The third-order valence-electron chi connectivity index (χ3n) is 3.64. The molecule has 1 amide bonds. The van der Waals surface area contributed by atoms with E-state index in [0.29, 0.717) is 9.50 Å². The lowest BCUT2D eigenvalue weighted by atomic mass is 10.1. The average Bonchev–Trinajstić information content (AvgIpc) is 2.53. The molecule has 0 N–H and O–H groups in total. The first-order valence-electron chi connectivity index (χ1n) is 6.78. The Balaban J connectivity index is 2.27. The molecule has 120 valence electrons. The smallest absolute Gasteiger partial charge is 0.284 e. The molecule has 0 aliphatic heterocycles. The number of hydrogen-bond acceptors (Lipinski definition) is 3. The lowest BCUT2D eigenvalue weighted by Gasteiger charge is -2.25. The molecule has 0 aliphatic carbocycles. The van der Waals surface area contributed by atoms with E-state index in [9.17, 15) is 14.9 Å². The van der Waals surface area contributed by atoms with Crippen LogP contribution in [0.25, 0.3) is 0 Å². The Bertz CT molecular complexity index is 749. The monoisotopic (exact) mass is 396 g/mol. The Morgan fingerprint density at radius 3 is 2.43 bits per heavy atom. The number of amides is 1. The highest BCUT2D eigenvalue weighted by molar-refractivity contribution is 9.10. The summed E-state index contributed by atoms with van der Waals surface area (Å²) in [5, 5.41) is 11.6. The van der Waals surface area contributed by atoms with Crippen molar-refractivity contribution in [1.29, 1.82) is 0 Å². The van der Waals surface area contributed by atoms with Crippen molar-refractivity contribution in [3.05, 3.63) is 73.2 Å². The van der Waals surface area contributed by atoms with E-state index in [1.165, 1.54) is 17.0 Å². The summed E-state index contributed by atoms with van der Waals surface area (Å²) in [7, 11) is 1.66. The summed E-state index contributed by atoms with van der Waals surface area (Å²) in [5.41, 5.74) is 1.06. The number of rotatable bonds is 4. The molecule has 0 aliphatic rings. The van der Waals surface area contributed by atoms with Gasteiger partial charge >= 0.3 is 0 Å². The zero-order chi connectivity index (χ0) is 17.1. The Morgan fingerprint density at radius 2 is 1.87 bits per heavy atom. The summed E-state index contributed by atoms with van der Waals surface area (Å²) in [5.74, 6) is -0.289. The molecule has 2 aromatic carbocycles. The fourth-order valence-corrected chi connectivity index (χ4v) is 2.65. The molecule has 0 heterocycles. The molecule has 2 rings (SSSR count). The molecular formula is C16H14BrClN2O3. The van der Waals surface area contributed by atoms with Crippen LogP contribution in [0.2, 0.25) is 5.02 Å². The first kappa shape index (κ1) is 17.4. The van der Waals surface area contributed by atoms with Gasteiger partial charge in [-0.1, -0.05) is 23.7 Å². The highest BCUT2D eigenvalue weighted by Gasteiger charge is 2.22. The van der Waals surface area contributed by atoms with Crippen LogP contribution in [0.4, 0.5) is 5.69 Å². The van der Waals surface area contributed by atoms with Crippen LogP contribution in [0.1, 0.15) is 28.9 Å². The van der Waals surface area contributed by atoms with Crippen molar-refractivity contribution in [2.45, 2.75) is 13.0 Å². The molecule has 0 spiro atoms. The number of nitrogens with zero attached hydrogens (tertiary/aromatic N) is 2. The summed E-state index contributed by atoms with van der Waals surface area (Å²) in [4.78, 5) is 24.6. The van der Waals surface area contributed by atoms with Gasteiger partial charge in [-0.25, -0.2) is 0 Å². The summed E-state index contributed by atoms with van der Waals surface area (Å²) < 4.78 is 0.340. The highest BCUT2D eigenvalue weighted by atomic mass is 79.9. The van der Waals surface area contributed by atoms with Crippen LogP contribution in [0.5, 0.6) is 0 Å². The Labute approximate surface area is 147 Å². The lowest BCUT2D eigenvalue weighted by Crippen LogP contribution is -2.29. The molecule has 1 unspecified atom stereocenters. The molecule has 0 saturated carbocycles. The van der Waals surface area contributed by atoms with Crippen LogP contribution in [0.15, 0.2) is 46.9 Å². The van der Waals surface area contributed by atoms with Crippen molar-refractivity contribution in [2.24, 2.45) is 0 Å². The first-order valence-corrected chi connectivity index (χ1v) is 7.95. The maximum absolute atomic E-state index is 12.6. The Kier molecular flexibility index (Phi) is 5.38. The standard InChI is InChI=1S/C16H14BrClN2O3/c1-10(11-3-6-13(18)7-4-11)19(2)16(21)12-5-8-14(17)15(9-12)20(22)23/h3-10H,1-2H3. The van der Waals surface area contributed by atoms with Gasteiger partial charge in [0.25, 0.3) is 11.6 Å². The summed E-state index contributed by atoms with van der Waals surface area (Å²) in [6.45, 7) is 1.88. The minimum absolute atomic E-state index is 0.136. The van der Waals surface area contributed by atoms with E-state index in [1.54, 1.807) is 25.2 Å². The second kappa shape index (κ2) is 7.10. The van der Waals surface area contributed by atoms with Crippen LogP contribution >= 0.6 is 27.5 Å². The van der Waals surface area contributed by atoms with Gasteiger partial charge in [-0.3, -0.25) is 14.9 Å². The number of nitro groups is 1. The van der Waals surface area contributed by atoms with Crippen LogP contribution in [0.3, 0.4) is 0 Å². The Hall–Kier alpha value is -1.92. The number of hydrogen-bond donors (Lipinski definition) is 0. The van der Waals surface area contributed by atoms with E-state index in [0.717, 1.165) is 5.56 Å². The van der Waals surface area contributed by atoms with Crippen molar-refractivity contribution in [2.75, 3.05) is 7.05 Å². The first-order chi connectivity index (χ1) is 10.8. The number of carbonyl (C=O) groups excluding carboxylic acids is 1. The fourth-order valence-electron chi connectivity index (χ4n) is 2.13. The third-order valence-corrected chi connectivity index (χ3v) is 4.57. The van der Waals surface area contributed by atoms with Gasteiger partial charge in [0.05, 0.1) is 15.4 Å². The second-order valence-electron chi connectivity index (χ2n) is 5.07. The molecule has 2 aromatic rings. The zero-order valence-corrected chi connectivity index (χ0v) is 14.8. The van der Waals surface area contributed by atoms with Crippen LogP contribution in [-0.2, 0) is 0 Å². The van der Waals surface area contributed by atoms with E-state index < -0.39 is 4.92 Å². The lowest BCUT2D eigenvalue weighted by molar-refractivity contribution is -0.385. The topological polar surface area (TPSA) is 63.5 Å². The number of benzene rings is 2. The molecule has 5 nitrogen and oxygen atoms in total. The van der Waals surface area contributed by atoms with Gasteiger partial charge in [0.1, 0.15) is 0 Å². The van der Waals surface area contributed by atoms with E-state index in [-0.39, 0.29) is 23.2 Å². The summed E-state index contributed by atoms with van der Waals surface area (Å²) in [6.07, 6.45) is 0. The minimum atomic E-state index is -0.524. The van der Waals surface area contributed by atoms with Crippen molar-refractivity contribution in [3.8, 4) is 0 Å². The van der Waals surface area contributed by atoms with E-state index in [1.807, 2.05) is 19.1 Å². The maximum atomic E-state index is 12.6. The quantitative estimate of drug-likeness (QED) is 0.547. The minimum Gasteiger partial charge on any atom is -0.335 e. The van der Waals surface area contributed by atoms with E-state index >= 15 is 0 Å². The molecule has 0 saturated heterocycles. The van der Waals surface area contributed by atoms with E-state index in [2.05, 4.69) is 15.9 Å². The van der Waals surface area contributed by atoms with Crippen LogP contribution < -0.4 is 0 Å². The SMILES string of the molecule is CC(c1ccc(Cl)cc1)N(C)C(=O)c1ccc(Br)c([N+](=O)[O-])c1. The van der Waals surface area contributed by atoms with Gasteiger partial charge in [0.15, 0.2) is 0 Å². The molecule has 0 bridgehead atoms. The van der Waals surface area contributed by atoms with Gasteiger partial charge in [0, 0.05) is 23.7 Å². The van der Waals surface area contributed by atoms with Crippen molar-refractivity contribution in [1.82, 2.24) is 4.90 Å². The van der Waals surface area contributed by atoms with Crippen molar-refractivity contribution < 1.29 is 9.72 Å². The highest BCUT2D eigenvalue weighted by Crippen LogP contribution is 2.28. The maximum Gasteiger partial charge on any atom is 0.284 e. The molecule has 0 aromatic heterocycles. The van der Waals surface area contributed by atoms with Gasteiger partial charge in [-0.15, -0.1) is 0 Å². The fraction of sp³-hybridized carbons (Fsp3) is 0.188. The van der Waals surface area contributed by atoms with Crippen molar-refractivity contribution >= 4 is 39.1 Å². The number of nitro benzene ring substituents is 1. The average molecular weight is 398 g/mol.